The molecular weight excluding hydrogens is 250 g/mol. The van der Waals surface area contributed by atoms with Crippen LogP contribution in [-0.2, 0) is 4.79 Å². The number of rotatable bonds is 7. The maximum absolute atomic E-state index is 12.1. The third kappa shape index (κ3) is 4.45. The number of carbonyl (C=O) groups is 1. The van der Waals surface area contributed by atoms with Gasteiger partial charge in [0.25, 0.3) is 0 Å². The third-order valence-electron chi connectivity index (χ3n) is 4.87. The Hall–Kier alpha value is -0.610. The van der Waals surface area contributed by atoms with Gasteiger partial charge in [-0.1, -0.05) is 6.92 Å². The lowest BCUT2D eigenvalue weighted by atomic mass is 9.89. The molecule has 0 heterocycles. The van der Waals surface area contributed by atoms with Crippen LogP contribution in [0.4, 0.5) is 0 Å². The van der Waals surface area contributed by atoms with E-state index >= 15 is 0 Å². The molecule has 0 aromatic heterocycles. The molecule has 0 spiro atoms. The zero-order valence-corrected chi connectivity index (χ0v) is 13.3. The molecule has 2 rings (SSSR count). The topological polar surface area (TPSA) is 44.4 Å². The minimum Gasteiger partial charge on any atom is -0.352 e. The predicted molar refractivity (Wildman–Crippen MR) is 82.7 cm³/mol. The molecule has 4 nitrogen and oxygen atoms in total. The molecule has 2 aliphatic carbocycles. The summed E-state index contributed by atoms with van der Waals surface area (Å²) in [6.07, 6.45) is 8.43. The first-order chi connectivity index (χ1) is 9.61. The highest BCUT2D eigenvalue weighted by atomic mass is 16.2. The van der Waals surface area contributed by atoms with E-state index in [1.165, 1.54) is 32.1 Å². The first kappa shape index (κ1) is 15.8. The Bertz CT molecular complexity index is 309. The third-order valence-corrected chi connectivity index (χ3v) is 4.87. The molecular formula is C16H31N3O. The van der Waals surface area contributed by atoms with Crippen LogP contribution in [0.5, 0.6) is 0 Å². The summed E-state index contributed by atoms with van der Waals surface area (Å²) >= 11 is 0. The van der Waals surface area contributed by atoms with Crippen molar-refractivity contribution in [2.24, 2.45) is 0 Å². The molecule has 20 heavy (non-hydrogen) atoms. The summed E-state index contributed by atoms with van der Waals surface area (Å²) in [6, 6.07) is 1.72. The lowest BCUT2D eigenvalue weighted by Gasteiger charge is -2.37. The lowest BCUT2D eigenvalue weighted by molar-refractivity contribution is -0.126. The normalized spacial score (nSPS) is 28.4. The molecule has 1 amide bonds. The van der Waals surface area contributed by atoms with Crippen LogP contribution < -0.4 is 10.6 Å². The van der Waals surface area contributed by atoms with Crippen LogP contribution >= 0.6 is 0 Å². The van der Waals surface area contributed by atoms with Gasteiger partial charge in [-0.15, -0.1) is 0 Å². The van der Waals surface area contributed by atoms with Crippen LogP contribution in [0.3, 0.4) is 0 Å². The minimum absolute atomic E-state index is 0.000695. The Morgan fingerprint density at radius 1 is 1.15 bits per heavy atom. The standard InChI is InChI=1S/C16H31N3O/c1-4-11-17-13-7-9-15(10-8-13)19(3)12(2)16(20)18-14-5-6-14/h12-15,17H,4-11H2,1-3H3,(H,18,20). The molecule has 0 saturated heterocycles. The number of amides is 1. The molecule has 1 atom stereocenters. The molecule has 116 valence electrons. The smallest absolute Gasteiger partial charge is 0.237 e. The second-order valence-electron chi connectivity index (χ2n) is 6.58. The summed E-state index contributed by atoms with van der Waals surface area (Å²) in [6.45, 7) is 5.39. The fourth-order valence-electron chi connectivity index (χ4n) is 3.09. The quantitative estimate of drug-likeness (QED) is 0.749. The van der Waals surface area contributed by atoms with Gasteiger partial charge in [0, 0.05) is 18.1 Å². The first-order valence-electron chi connectivity index (χ1n) is 8.37. The number of hydrogen-bond donors (Lipinski definition) is 2. The van der Waals surface area contributed by atoms with E-state index in [9.17, 15) is 4.79 Å². The van der Waals surface area contributed by atoms with Gasteiger partial charge in [0.1, 0.15) is 0 Å². The zero-order valence-electron chi connectivity index (χ0n) is 13.3. The lowest BCUT2D eigenvalue weighted by Crippen LogP contribution is -2.50. The summed E-state index contributed by atoms with van der Waals surface area (Å²) in [5.41, 5.74) is 0. The molecule has 4 heteroatoms. The van der Waals surface area contributed by atoms with Crippen molar-refractivity contribution in [2.75, 3.05) is 13.6 Å². The van der Waals surface area contributed by atoms with Crippen molar-refractivity contribution in [3.8, 4) is 0 Å². The first-order valence-corrected chi connectivity index (χ1v) is 8.37. The van der Waals surface area contributed by atoms with Crippen LogP contribution in [0.1, 0.15) is 58.8 Å². The van der Waals surface area contributed by atoms with E-state index in [1.54, 1.807) is 0 Å². The van der Waals surface area contributed by atoms with E-state index in [1.807, 2.05) is 6.92 Å². The van der Waals surface area contributed by atoms with Crippen LogP contribution in [0.25, 0.3) is 0 Å². The Kier molecular flexibility index (Phi) is 5.85. The number of nitrogens with zero attached hydrogens (tertiary/aromatic N) is 1. The van der Waals surface area contributed by atoms with Crippen LogP contribution in [-0.4, -0.2) is 48.6 Å². The van der Waals surface area contributed by atoms with Crippen molar-refractivity contribution in [2.45, 2.75) is 83.0 Å². The second-order valence-corrected chi connectivity index (χ2v) is 6.58. The Balaban J connectivity index is 1.72. The monoisotopic (exact) mass is 281 g/mol. The maximum atomic E-state index is 12.1. The molecule has 2 fully saturated rings. The van der Waals surface area contributed by atoms with Crippen LogP contribution in [0, 0.1) is 0 Å². The van der Waals surface area contributed by atoms with Gasteiger partial charge in [0.15, 0.2) is 0 Å². The summed E-state index contributed by atoms with van der Waals surface area (Å²) in [5.74, 6) is 0.209. The fraction of sp³-hybridized carbons (Fsp3) is 0.938. The van der Waals surface area contributed by atoms with E-state index in [2.05, 4.69) is 29.5 Å². The van der Waals surface area contributed by atoms with Gasteiger partial charge in [0.05, 0.1) is 6.04 Å². The fourth-order valence-corrected chi connectivity index (χ4v) is 3.09. The van der Waals surface area contributed by atoms with E-state index in [0.29, 0.717) is 18.1 Å². The van der Waals surface area contributed by atoms with Crippen molar-refractivity contribution in [3.05, 3.63) is 0 Å². The highest BCUT2D eigenvalue weighted by Gasteiger charge is 2.31. The van der Waals surface area contributed by atoms with Gasteiger partial charge in [-0.05, 0) is 65.5 Å². The second kappa shape index (κ2) is 7.41. The summed E-state index contributed by atoms with van der Waals surface area (Å²) in [5, 5.41) is 6.74. The number of likely N-dealkylation sites (N-methyl/N-ethyl adjacent to an activating group) is 1. The van der Waals surface area contributed by atoms with Gasteiger partial charge in [-0.2, -0.15) is 0 Å². The summed E-state index contributed by atoms with van der Waals surface area (Å²) < 4.78 is 0. The molecule has 0 aromatic carbocycles. The van der Waals surface area contributed by atoms with Crippen molar-refractivity contribution >= 4 is 5.91 Å². The van der Waals surface area contributed by atoms with E-state index in [4.69, 9.17) is 0 Å². The summed E-state index contributed by atoms with van der Waals surface area (Å²) in [7, 11) is 2.11. The summed E-state index contributed by atoms with van der Waals surface area (Å²) in [4.78, 5) is 14.4. The van der Waals surface area contributed by atoms with Crippen molar-refractivity contribution in [1.82, 2.24) is 15.5 Å². The molecule has 1 unspecified atom stereocenters. The molecule has 0 aromatic rings. The van der Waals surface area contributed by atoms with Gasteiger partial charge < -0.3 is 10.6 Å². The Labute approximate surface area is 123 Å². The van der Waals surface area contributed by atoms with Crippen molar-refractivity contribution < 1.29 is 4.79 Å². The average Bonchev–Trinajstić information content (AvgIpc) is 3.28. The Morgan fingerprint density at radius 3 is 2.30 bits per heavy atom. The van der Waals surface area contributed by atoms with Crippen molar-refractivity contribution in [3.63, 3.8) is 0 Å². The predicted octanol–water partition coefficient (Wildman–Crippen LogP) is 1.90. The number of hydrogen-bond acceptors (Lipinski definition) is 3. The van der Waals surface area contributed by atoms with Gasteiger partial charge in [-0.3, -0.25) is 9.69 Å². The van der Waals surface area contributed by atoms with E-state index < -0.39 is 0 Å². The van der Waals surface area contributed by atoms with E-state index in [-0.39, 0.29) is 11.9 Å². The van der Waals surface area contributed by atoms with Gasteiger partial charge >= 0.3 is 0 Å². The molecule has 2 N–H and O–H groups in total. The van der Waals surface area contributed by atoms with Crippen LogP contribution in [0.2, 0.25) is 0 Å². The van der Waals surface area contributed by atoms with E-state index in [0.717, 1.165) is 19.4 Å². The van der Waals surface area contributed by atoms with Gasteiger partial charge in [-0.25, -0.2) is 0 Å². The Morgan fingerprint density at radius 2 is 1.75 bits per heavy atom. The minimum atomic E-state index is 0.000695. The molecule has 0 aliphatic heterocycles. The van der Waals surface area contributed by atoms with Crippen molar-refractivity contribution in [1.29, 1.82) is 0 Å². The molecule has 0 radical (unpaired) electrons. The highest BCUT2D eigenvalue weighted by molar-refractivity contribution is 5.81. The number of nitrogens with one attached hydrogen (secondary N) is 2. The average molecular weight is 281 g/mol. The maximum Gasteiger partial charge on any atom is 0.237 e. The SMILES string of the molecule is CCCNC1CCC(N(C)C(C)C(=O)NC2CC2)CC1. The number of carbonyl (C=O) groups excluding carboxylic acids is 1. The van der Waals surface area contributed by atoms with Gasteiger partial charge in [0.2, 0.25) is 5.91 Å². The largest absolute Gasteiger partial charge is 0.352 e. The molecule has 2 saturated carbocycles. The van der Waals surface area contributed by atoms with Crippen LogP contribution in [0.15, 0.2) is 0 Å². The highest BCUT2D eigenvalue weighted by Crippen LogP contribution is 2.24. The molecule has 2 aliphatic rings. The zero-order chi connectivity index (χ0) is 14.5. The molecule has 0 bridgehead atoms.